The monoisotopic (exact) mass is 364 g/mol. The molecule has 130 valence electrons. The molecule has 22 heavy (non-hydrogen) atoms. The second-order valence-corrected chi connectivity index (χ2v) is 3.97. The van der Waals surface area contributed by atoms with Crippen molar-refractivity contribution in [3.8, 4) is 0 Å². The van der Waals surface area contributed by atoms with Gasteiger partial charge in [-0.15, -0.1) is 0 Å². The van der Waals surface area contributed by atoms with Gasteiger partial charge < -0.3 is 31.4 Å². The predicted molar refractivity (Wildman–Crippen MR) is 65.8 cm³/mol. The van der Waals surface area contributed by atoms with Crippen molar-refractivity contribution in [3.05, 3.63) is 0 Å². The van der Waals surface area contributed by atoms with E-state index in [2.05, 4.69) is 0 Å². The molecular weight excluding hydrogens is 346 g/mol. The Labute approximate surface area is 136 Å². The zero-order valence-corrected chi connectivity index (χ0v) is 12.7. The first kappa shape index (κ1) is 25.2. The van der Waals surface area contributed by atoms with Gasteiger partial charge >= 0.3 is 17.9 Å². The van der Waals surface area contributed by atoms with E-state index in [9.17, 15) is 24.3 Å². The molecule has 0 fully saturated rings. The second kappa shape index (κ2) is 13.0. The van der Waals surface area contributed by atoms with Crippen LogP contribution in [0.1, 0.15) is 0 Å². The van der Waals surface area contributed by atoms with Gasteiger partial charge in [-0.1, -0.05) is 0 Å². The molecule has 0 aromatic rings. The fourth-order valence-electron chi connectivity index (χ4n) is 1.47. The van der Waals surface area contributed by atoms with Gasteiger partial charge in [0.15, 0.2) is 0 Å². The first-order valence-corrected chi connectivity index (χ1v) is 5.50. The van der Waals surface area contributed by atoms with Crippen molar-refractivity contribution < 1.29 is 56.7 Å². The van der Waals surface area contributed by atoms with E-state index in [-0.39, 0.29) is 36.3 Å². The number of carbonyl (C=O) groups excluding carboxylic acids is 1. The molecule has 0 aliphatic heterocycles. The Bertz CT molecular complexity index is 324. The molecule has 0 aromatic carbocycles. The summed E-state index contributed by atoms with van der Waals surface area (Å²) in [4.78, 5) is 44.1. The van der Waals surface area contributed by atoms with Crippen molar-refractivity contribution in [3.63, 3.8) is 0 Å². The summed E-state index contributed by atoms with van der Waals surface area (Å²) < 4.78 is 0. The van der Waals surface area contributed by atoms with Crippen molar-refractivity contribution in [1.29, 1.82) is 0 Å². The summed E-state index contributed by atoms with van der Waals surface area (Å²) in [6.45, 7) is -2.50. The average molecular weight is 364 g/mol. The minimum absolute atomic E-state index is 0. The van der Waals surface area contributed by atoms with Gasteiger partial charge in [-0.2, -0.15) is 0 Å². The first-order valence-electron chi connectivity index (χ1n) is 5.50. The third-order valence-corrected chi connectivity index (χ3v) is 2.16. The molecule has 0 bridgehead atoms. The molecule has 0 atom stereocenters. The maximum Gasteiger partial charge on any atom is 0.317 e. The Morgan fingerprint density at radius 2 is 1.00 bits per heavy atom. The molecule has 0 radical (unpaired) electrons. The third kappa shape index (κ3) is 14.7. The van der Waals surface area contributed by atoms with E-state index in [4.69, 9.17) is 15.3 Å². The molecule has 0 saturated heterocycles. The van der Waals surface area contributed by atoms with E-state index in [0.29, 0.717) is 0 Å². The molecule has 0 saturated carbocycles. The number of hydrogen-bond donors (Lipinski definition) is 4. The fourth-order valence-corrected chi connectivity index (χ4v) is 1.47. The van der Waals surface area contributed by atoms with E-state index in [1.54, 1.807) is 0 Å². The summed E-state index contributed by atoms with van der Waals surface area (Å²) in [5, 5.41) is 36.3. The van der Waals surface area contributed by atoms with Crippen molar-refractivity contribution in [1.82, 2.24) is 16.0 Å². The van der Waals surface area contributed by atoms with Crippen LogP contribution in [0.5, 0.6) is 0 Å². The number of aliphatic carboxylic acids is 4. The minimum atomic E-state index is -1.48. The van der Waals surface area contributed by atoms with Crippen LogP contribution in [0.2, 0.25) is 0 Å². The SMILES string of the molecule is N.O=C([O-])CN(CCN(CC(=O)O)CC(=O)O)CC(=O)O.[Fe]. The van der Waals surface area contributed by atoms with Gasteiger partial charge in [0.25, 0.3) is 0 Å². The molecule has 6 N–H and O–H groups in total. The van der Waals surface area contributed by atoms with Crippen molar-refractivity contribution in [2.24, 2.45) is 0 Å². The molecule has 0 rings (SSSR count). The van der Waals surface area contributed by atoms with Crippen LogP contribution in [0.4, 0.5) is 0 Å². The van der Waals surface area contributed by atoms with Crippen LogP contribution in [0, 0.1) is 0 Å². The Morgan fingerprint density at radius 1 is 0.727 bits per heavy atom. The maximum atomic E-state index is 10.5. The van der Waals surface area contributed by atoms with Crippen LogP contribution in [0.25, 0.3) is 0 Å². The molecular formula is C10H18FeN3O8-. The number of nitrogens with zero attached hydrogens (tertiary/aromatic N) is 2. The standard InChI is InChI=1S/C10H16N2O8.Fe.H3N/c13-7(14)3-11(4-8(15)16)1-2-12(5-9(17)18)6-10(19)20;;/h1-6H2,(H,13,14)(H,15,16)(H,17,18)(H,19,20);;1H3/p-1. The third-order valence-electron chi connectivity index (χ3n) is 2.16. The molecule has 11 nitrogen and oxygen atoms in total. The van der Waals surface area contributed by atoms with E-state index >= 15 is 0 Å². The van der Waals surface area contributed by atoms with Gasteiger partial charge in [-0.05, 0) is 0 Å². The summed E-state index contributed by atoms with van der Waals surface area (Å²) in [6, 6.07) is 0. The Balaban J connectivity index is -0.00000180. The van der Waals surface area contributed by atoms with Gasteiger partial charge in [0.05, 0.1) is 25.6 Å². The Morgan fingerprint density at radius 3 is 1.23 bits per heavy atom. The van der Waals surface area contributed by atoms with E-state index < -0.39 is 50.1 Å². The number of rotatable bonds is 11. The number of carboxylic acids is 4. The van der Waals surface area contributed by atoms with Gasteiger partial charge in [0, 0.05) is 36.7 Å². The smallest absolute Gasteiger partial charge is 0.317 e. The van der Waals surface area contributed by atoms with Gasteiger partial charge in [-0.3, -0.25) is 24.2 Å². The van der Waals surface area contributed by atoms with E-state index in [1.165, 1.54) is 0 Å². The van der Waals surface area contributed by atoms with E-state index in [0.717, 1.165) is 9.80 Å². The Hall–Kier alpha value is -1.72. The van der Waals surface area contributed by atoms with Crippen LogP contribution < -0.4 is 11.3 Å². The Kier molecular flexibility index (Phi) is 14.9. The van der Waals surface area contributed by atoms with Gasteiger partial charge in [-0.25, -0.2) is 0 Å². The average Bonchev–Trinajstić information content (AvgIpc) is 2.22. The maximum absolute atomic E-state index is 10.5. The zero-order valence-electron chi connectivity index (χ0n) is 11.6. The van der Waals surface area contributed by atoms with Crippen molar-refractivity contribution in [2.75, 3.05) is 39.3 Å². The van der Waals surface area contributed by atoms with Crippen LogP contribution in [-0.2, 0) is 36.2 Å². The van der Waals surface area contributed by atoms with Gasteiger partial charge in [0.1, 0.15) is 0 Å². The van der Waals surface area contributed by atoms with Crippen LogP contribution >= 0.6 is 0 Å². The minimum Gasteiger partial charge on any atom is -0.549 e. The quantitative estimate of drug-likeness (QED) is 0.269. The molecule has 0 aliphatic carbocycles. The van der Waals surface area contributed by atoms with Crippen LogP contribution in [-0.4, -0.2) is 88.3 Å². The number of hydrogen-bond acceptors (Lipinski definition) is 8. The predicted octanol–water partition coefficient (Wildman–Crippen LogP) is -3.25. The molecule has 12 heteroatoms. The number of carboxylic acid groups (broad SMARTS) is 4. The topological polar surface area (TPSA) is 194 Å². The van der Waals surface area contributed by atoms with E-state index in [1.807, 2.05) is 0 Å². The summed E-state index contributed by atoms with van der Waals surface area (Å²) in [5.41, 5.74) is 0. The zero-order chi connectivity index (χ0) is 15.7. The summed E-state index contributed by atoms with van der Waals surface area (Å²) in [5.74, 6) is -5.21. The molecule has 0 aromatic heterocycles. The largest absolute Gasteiger partial charge is 0.549 e. The first-order chi connectivity index (χ1) is 9.20. The fraction of sp³-hybridized carbons (Fsp3) is 0.600. The second-order valence-electron chi connectivity index (χ2n) is 3.97. The van der Waals surface area contributed by atoms with Gasteiger partial charge in [0.2, 0.25) is 0 Å². The molecule has 0 spiro atoms. The summed E-state index contributed by atoms with van der Waals surface area (Å²) in [7, 11) is 0. The normalized spacial score (nSPS) is 9.73. The molecule has 0 unspecified atom stereocenters. The number of carbonyl (C=O) groups is 4. The van der Waals surface area contributed by atoms with Crippen molar-refractivity contribution in [2.45, 2.75) is 0 Å². The van der Waals surface area contributed by atoms with Crippen LogP contribution in [0.3, 0.4) is 0 Å². The summed E-state index contributed by atoms with van der Waals surface area (Å²) >= 11 is 0. The van der Waals surface area contributed by atoms with Crippen molar-refractivity contribution >= 4 is 23.9 Å². The molecule has 0 amide bonds. The summed E-state index contributed by atoms with van der Waals surface area (Å²) in [6.07, 6.45) is 0. The van der Waals surface area contributed by atoms with Crippen LogP contribution in [0.15, 0.2) is 0 Å². The molecule has 0 aliphatic rings. The molecule has 0 heterocycles.